The molecule has 0 spiro atoms. The Bertz CT molecular complexity index is 571. The zero-order chi connectivity index (χ0) is 13.2. The van der Waals surface area contributed by atoms with Crippen molar-refractivity contribution >= 4 is 15.9 Å². The van der Waals surface area contributed by atoms with Crippen LogP contribution in [-0.4, -0.2) is 41.7 Å². The van der Waals surface area contributed by atoms with E-state index in [0.29, 0.717) is 5.89 Å². The van der Waals surface area contributed by atoms with Crippen molar-refractivity contribution in [3.63, 3.8) is 0 Å². The minimum Gasteiger partial charge on any atom is -0.334 e. The fourth-order valence-corrected chi connectivity index (χ4v) is 2.60. The number of benzene rings is 1. The molecule has 0 amide bonds. The fourth-order valence-electron chi connectivity index (χ4n) is 2.20. The van der Waals surface area contributed by atoms with Gasteiger partial charge in [0, 0.05) is 29.7 Å². The van der Waals surface area contributed by atoms with E-state index < -0.39 is 0 Å². The van der Waals surface area contributed by atoms with E-state index in [1.807, 2.05) is 24.3 Å². The van der Waals surface area contributed by atoms with Gasteiger partial charge in [-0.2, -0.15) is 4.98 Å². The van der Waals surface area contributed by atoms with Crippen molar-refractivity contribution in [3.05, 3.63) is 34.6 Å². The minimum atomic E-state index is 0.179. The van der Waals surface area contributed by atoms with Crippen LogP contribution in [0, 0.1) is 0 Å². The summed E-state index contributed by atoms with van der Waals surface area (Å²) in [6.07, 6.45) is 0. The van der Waals surface area contributed by atoms with E-state index in [2.05, 4.69) is 43.3 Å². The molecule has 3 rings (SSSR count). The van der Waals surface area contributed by atoms with Crippen molar-refractivity contribution in [1.82, 2.24) is 20.4 Å². The smallest absolute Gasteiger partial charge is 0.258 e. The summed E-state index contributed by atoms with van der Waals surface area (Å²) in [5.41, 5.74) is 0.930. The van der Waals surface area contributed by atoms with Crippen LogP contribution in [0.1, 0.15) is 11.9 Å². The van der Waals surface area contributed by atoms with E-state index in [1.54, 1.807) is 0 Å². The largest absolute Gasteiger partial charge is 0.334 e. The Morgan fingerprint density at radius 1 is 1.47 bits per heavy atom. The maximum Gasteiger partial charge on any atom is 0.258 e. The van der Waals surface area contributed by atoms with E-state index in [4.69, 9.17) is 4.52 Å². The molecule has 2 heterocycles. The topological polar surface area (TPSA) is 54.2 Å². The molecule has 0 aliphatic carbocycles. The number of halogens is 1. The molecule has 6 heteroatoms. The van der Waals surface area contributed by atoms with E-state index in [1.165, 1.54) is 0 Å². The van der Waals surface area contributed by atoms with Gasteiger partial charge in [-0.15, -0.1) is 0 Å². The third-order valence-electron chi connectivity index (χ3n) is 3.32. The summed E-state index contributed by atoms with van der Waals surface area (Å²) in [4.78, 5) is 6.76. The van der Waals surface area contributed by atoms with Gasteiger partial charge in [-0.1, -0.05) is 27.2 Å². The van der Waals surface area contributed by atoms with E-state index in [9.17, 15) is 0 Å². The number of nitrogens with zero attached hydrogens (tertiary/aromatic N) is 3. The molecule has 0 radical (unpaired) electrons. The van der Waals surface area contributed by atoms with Gasteiger partial charge in [0.15, 0.2) is 5.82 Å². The molecule has 1 aliphatic rings. The van der Waals surface area contributed by atoms with Crippen LogP contribution in [0.4, 0.5) is 0 Å². The van der Waals surface area contributed by atoms with Crippen LogP contribution >= 0.6 is 15.9 Å². The molecule has 1 atom stereocenters. The molecule has 1 aromatic carbocycles. The van der Waals surface area contributed by atoms with Crippen molar-refractivity contribution in [1.29, 1.82) is 0 Å². The number of aromatic nitrogens is 2. The van der Waals surface area contributed by atoms with Gasteiger partial charge < -0.3 is 9.84 Å². The maximum atomic E-state index is 5.37. The molecule has 1 unspecified atom stereocenters. The average Bonchev–Trinajstić information content (AvgIpc) is 2.89. The number of likely N-dealkylation sites (N-methyl/N-ethyl adjacent to an activating group) is 1. The lowest BCUT2D eigenvalue weighted by Gasteiger charge is -2.30. The summed E-state index contributed by atoms with van der Waals surface area (Å²) >= 11 is 3.44. The van der Waals surface area contributed by atoms with Crippen LogP contribution in [0.3, 0.4) is 0 Å². The Labute approximate surface area is 120 Å². The van der Waals surface area contributed by atoms with Crippen LogP contribution in [0.5, 0.6) is 0 Å². The van der Waals surface area contributed by atoms with Crippen molar-refractivity contribution < 1.29 is 4.52 Å². The van der Waals surface area contributed by atoms with Crippen LogP contribution in [0.15, 0.2) is 33.3 Å². The summed E-state index contributed by atoms with van der Waals surface area (Å²) in [5, 5.41) is 7.46. The predicted octanol–water partition coefficient (Wildman–Crippen LogP) is 2.08. The minimum absolute atomic E-state index is 0.179. The van der Waals surface area contributed by atoms with Gasteiger partial charge in [0.05, 0.1) is 6.04 Å². The highest BCUT2D eigenvalue weighted by molar-refractivity contribution is 9.10. The first kappa shape index (κ1) is 12.8. The van der Waals surface area contributed by atoms with Gasteiger partial charge in [-0.05, 0) is 25.2 Å². The molecule has 1 N–H and O–H groups in total. The zero-order valence-electron chi connectivity index (χ0n) is 10.6. The van der Waals surface area contributed by atoms with Crippen LogP contribution in [0.2, 0.25) is 0 Å². The lowest BCUT2D eigenvalue weighted by atomic mass is 10.2. The fraction of sp³-hybridized carbons (Fsp3) is 0.385. The highest BCUT2D eigenvalue weighted by Crippen LogP contribution is 2.24. The monoisotopic (exact) mass is 322 g/mol. The third-order valence-corrected chi connectivity index (χ3v) is 3.82. The summed E-state index contributed by atoms with van der Waals surface area (Å²) < 4.78 is 6.37. The highest BCUT2D eigenvalue weighted by Gasteiger charge is 2.25. The lowest BCUT2D eigenvalue weighted by molar-refractivity contribution is 0.190. The Kier molecular flexibility index (Phi) is 3.63. The van der Waals surface area contributed by atoms with Crippen LogP contribution in [-0.2, 0) is 0 Å². The van der Waals surface area contributed by atoms with Crippen molar-refractivity contribution in [2.45, 2.75) is 6.04 Å². The number of hydrogen-bond acceptors (Lipinski definition) is 5. The van der Waals surface area contributed by atoms with E-state index in [-0.39, 0.29) is 6.04 Å². The van der Waals surface area contributed by atoms with Crippen molar-refractivity contribution in [2.75, 3.05) is 26.7 Å². The summed E-state index contributed by atoms with van der Waals surface area (Å²) in [6.45, 7) is 2.85. The predicted molar refractivity (Wildman–Crippen MR) is 75.7 cm³/mol. The van der Waals surface area contributed by atoms with Gasteiger partial charge in [0.1, 0.15) is 0 Å². The summed E-state index contributed by atoms with van der Waals surface area (Å²) in [6, 6.07) is 8.04. The Morgan fingerprint density at radius 3 is 3.16 bits per heavy atom. The second-order valence-electron chi connectivity index (χ2n) is 4.67. The molecule has 1 fully saturated rings. The van der Waals surface area contributed by atoms with Crippen molar-refractivity contribution in [3.8, 4) is 11.5 Å². The van der Waals surface area contributed by atoms with Crippen LogP contribution < -0.4 is 5.32 Å². The first-order valence-electron chi connectivity index (χ1n) is 6.24. The summed E-state index contributed by atoms with van der Waals surface area (Å²) in [5.74, 6) is 1.31. The standard InChI is InChI=1S/C13H15BrN4O/c1-18-6-5-15-8-11(18)12-16-13(19-17-12)9-3-2-4-10(14)7-9/h2-4,7,11,15H,5-6,8H2,1H3. The molecule has 1 aliphatic heterocycles. The van der Waals surface area contributed by atoms with Crippen molar-refractivity contribution in [2.24, 2.45) is 0 Å². The van der Waals surface area contributed by atoms with Gasteiger partial charge in [-0.3, -0.25) is 4.90 Å². The zero-order valence-corrected chi connectivity index (χ0v) is 12.2. The molecule has 0 bridgehead atoms. The molecule has 100 valence electrons. The molecule has 2 aromatic rings. The lowest BCUT2D eigenvalue weighted by Crippen LogP contribution is -2.44. The first-order valence-corrected chi connectivity index (χ1v) is 7.04. The Morgan fingerprint density at radius 2 is 2.37 bits per heavy atom. The quantitative estimate of drug-likeness (QED) is 0.917. The molecular formula is C13H15BrN4O. The van der Waals surface area contributed by atoms with Gasteiger partial charge in [0.25, 0.3) is 5.89 Å². The molecule has 1 saturated heterocycles. The molecule has 0 saturated carbocycles. The van der Waals surface area contributed by atoms with E-state index >= 15 is 0 Å². The molecule has 5 nitrogen and oxygen atoms in total. The maximum absolute atomic E-state index is 5.37. The highest BCUT2D eigenvalue weighted by atomic mass is 79.9. The summed E-state index contributed by atoms with van der Waals surface area (Å²) in [7, 11) is 2.08. The molecule has 1 aromatic heterocycles. The Balaban J connectivity index is 1.86. The average molecular weight is 323 g/mol. The van der Waals surface area contributed by atoms with Gasteiger partial charge in [-0.25, -0.2) is 0 Å². The number of piperazine rings is 1. The SMILES string of the molecule is CN1CCNCC1c1noc(-c2cccc(Br)c2)n1. The van der Waals surface area contributed by atoms with Gasteiger partial charge >= 0.3 is 0 Å². The van der Waals surface area contributed by atoms with E-state index in [0.717, 1.165) is 35.5 Å². The third kappa shape index (κ3) is 2.70. The number of hydrogen-bond donors (Lipinski definition) is 1. The second-order valence-corrected chi connectivity index (χ2v) is 5.58. The Hall–Kier alpha value is -1.24. The van der Waals surface area contributed by atoms with Gasteiger partial charge in [0.2, 0.25) is 0 Å². The first-order chi connectivity index (χ1) is 9.24. The normalized spacial score (nSPS) is 20.6. The molecular weight excluding hydrogens is 308 g/mol. The van der Waals surface area contributed by atoms with Crippen LogP contribution in [0.25, 0.3) is 11.5 Å². The second kappa shape index (κ2) is 5.40. The molecule has 19 heavy (non-hydrogen) atoms. The number of nitrogens with one attached hydrogen (secondary N) is 1. The number of rotatable bonds is 2.